The molecule has 2 unspecified atom stereocenters. The highest BCUT2D eigenvalue weighted by Gasteiger charge is 2.08. The minimum Gasteiger partial charge on any atom is -0.353 e. The molecule has 0 aromatic rings. The van der Waals surface area contributed by atoms with E-state index in [4.69, 9.17) is 0 Å². The molecule has 4 heteroatoms. The molecule has 0 aliphatic rings. The van der Waals surface area contributed by atoms with Crippen LogP contribution in [-0.4, -0.2) is 50.1 Å². The zero-order valence-electron chi connectivity index (χ0n) is 11.3. The lowest BCUT2D eigenvalue weighted by atomic mass is 10.2. The van der Waals surface area contributed by atoms with Crippen molar-refractivity contribution in [1.82, 2.24) is 15.5 Å². The molecule has 16 heavy (non-hydrogen) atoms. The molecule has 0 saturated heterocycles. The van der Waals surface area contributed by atoms with Crippen LogP contribution in [0.4, 0.5) is 0 Å². The number of likely N-dealkylation sites (N-methyl/N-ethyl adjacent to an activating group) is 1. The summed E-state index contributed by atoms with van der Waals surface area (Å²) in [5.41, 5.74) is 0. The third kappa shape index (κ3) is 8.68. The third-order valence-electron chi connectivity index (χ3n) is 2.38. The molecule has 0 heterocycles. The molecule has 2 atom stereocenters. The molecule has 0 saturated carbocycles. The van der Waals surface area contributed by atoms with Crippen LogP contribution >= 0.6 is 0 Å². The average molecular weight is 229 g/mol. The van der Waals surface area contributed by atoms with Crippen molar-refractivity contribution in [1.29, 1.82) is 0 Å². The second-order valence-corrected chi connectivity index (χ2v) is 4.80. The Morgan fingerprint density at radius 1 is 1.25 bits per heavy atom. The summed E-state index contributed by atoms with van der Waals surface area (Å²) in [4.78, 5) is 13.6. The summed E-state index contributed by atoms with van der Waals surface area (Å²) in [6.45, 7) is 7.61. The molecular weight excluding hydrogens is 202 g/mol. The van der Waals surface area contributed by atoms with E-state index in [9.17, 15) is 4.79 Å². The Bertz CT molecular complexity index is 195. The van der Waals surface area contributed by atoms with Gasteiger partial charge in [-0.3, -0.25) is 4.79 Å². The lowest BCUT2D eigenvalue weighted by Gasteiger charge is -2.19. The van der Waals surface area contributed by atoms with Crippen LogP contribution in [0.2, 0.25) is 0 Å². The molecule has 0 aromatic carbocycles. The SMILES string of the molecule is CCCC(C)NC(=O)CNC(C)CN(C)C. The van der Waals surface area contributed by atoms with Crippen molar-refractivity contribution in [2.24, 2.45) is 0 Å². The first-order valence-electron chi connectivity index (χ1n) is 6.13. The number of hydrogen-bond donors (Lipinski definition) is 2. The summed E-state index contributed by atoms with van der Waals surface area (Å²) >= 11 is 0. The van der Waals surface area contributed by atoms with Crippen LogP contribution in [0.25, 0.3) is 0 Å². The minimum atomic E-state index is 0.0894. The van der Waals surface area contributed by atoms with Gasteiger partial charge in [0.05, 0.1) is 6.54 Å². The zero-order valence-corrected chi connectivity index (χ0v) is 11.3. The summed E-state index contributed by atoms with van der Waals surface area (Å²) in [5, 5.41) is 6.18. The number of carbonyl (C=O) groups excluding carboxylic acids is 1. The average Bonchev–Trinajstić information content (AvgIpc) is 2.14. The fourth-order valence-corrected chi connectivity index (χ4v) is 1.71. The third-order valence-corrected chi connectivity index (χ3v) is 2.38. The maximum Gasteiger partial charge on any atom is 0.234 e. The van der Waals surface area contributed by atoms with E-state index in [0.29, 0.717) is 12.6 Å². The summed E-state index contributed by atoms with van der Waals surface area (Å²) in [7, 11) is 4.06. The van der Waals surface area contributed by atoms with Crippen molar-refractivity contribution in [3.63, 3.8) is 0 Å². The number of amides is 1. The monoisotopic (exact) mass is 229 g/mol. The summed E-state index contributed by atoms with van der Waals surface area (Å²) in [5.74, 6) is 0.0894. The highest BCUT2D eigenvalue weighted by atomic mass is 16.1. The van der Waals surface area contributed by atoms with E-state index >= 15 is 0 Å². The smallest absolute Gasteiger partial charge is 0.234 e. The van der Waals surface area contributed by atoms with Crippen LogP contribution in [0.1, 0.15) is 33.6 Å². The van der Waals surface area contributed by atoms with Crippen molar-refractivity contribution in [3.05, 3.63) is 0 Å². The first kappa shape index (κ1) is 15.4. The molecule has 0 fully saturated rings. The molecule has 0 bridgehead atoms. The summed E-state index contributed by atoms with van der Waals surface area (Å²) in [6, 6.07) is 0.616. The molecule has 4 nitrogen and oxygen atoms in total. The topological polar surface area (TPSA) is 44.4 Å². The van der Waals surface area contributed by atoms with Crippen LogP contribution in [0, 0.1) is 0 Å². The molecule has 96 valence electrons. The van der Waals surface area contributed by atoms with E-state index in [-0.39, 0.29) is 11.9 Å². The first-order valence-corrected chi connectivity index (χ1v) is 6.13. The van der Waals surface area contributed by atoms with Gasteiger partial charge in [-0.1, -0.05) is 13.3 Å². The Kier molecular flexibility index (Phi) is 8.21. The second kappa shape index (κ2) is 8.53. The summed E-state index contributed by atoms with van der Waals surface area (Å²) in [6.07, 6.45) is 2.14. The number of nitrogens with one attached hydrogen (secondary N) is 2. The molecular formula is C12H27N3O. The van der Waals surface area contributed by atoms with Gasteiger partial charge in [0.1, 0.15) is 0 Å². The molecule has 0 aliphatic carbocycles. The molecule has 0 spiro atoms. The van der Waals surface area contributed by atoms with E-state index in [1.165, 1.54) is 0 Å². The van der Waals surface area contributed by atoms with E-state index in [0.717, 1.165) is 19.4 Å². The van der Waals surface area contributed by atoms with Crippen molar-refractivity contribution in [3.8, 4) is 0 Å². The standard InChI is InChI=1S/C12H27N3O/c1-6-7-10(2)14-12(16)8-13-11(3)9-15(4)5/h10-11,13H,6-9H2,1-5H3,(H,14,16). The fraction of sp³-hybridized carbons (Fsp3) is 0.917. The van der Waals surface area contributed by atoms with Crippen molar-refractivity contribution >= 4 is 5.91 Å². The van der Waals surface area contributed by atoms with Crippen molar-refractivity contribution < 1.29 is 4.79 Å². The Balaban J connectivity index is 3.64. The highest BCUT2D eigenvalue weighted by molar-refractivity contribution is 5.78. The molecule has 0 aliphatic heterocycles. The largest absolute Gasteiger partial charge is 0.353 e. The molecule has 2 N–H and O–H groups in total. The fourth-order valence-electron chi connectivity index (χ4n) is 1.71. The van der Waals surface area contributed by atoms with Crippen LogP contribution in [-0.2, 0) is 4.79 Å². The zero-order chi connectivity index (χ0) is 12.6. The second-order valence-electron chi connectivity index (χ2n) is 4.80. The Labute approximate surface area is 99.8 Å². The van der Waals surface area contributed by atoms with E-state index in [1.54, 1.807) is 0 Å². The summed E-state index contributed by atoms with van der Waals surface area (Å²) < 4.78 is 0. The van der Waals surface area contributed by atoms with Crippen LogP contribution in [0.3, 0.4) is 0 Å². The maximum atomic E-state index is 11.5. The van der Waals surface area contributed by atoms with Gasteiger partial charge in [-0.05, 0) is 34.4 Å². The Morgan fingerprint density at radius 3 is 2.38 bits per heavy atom. The maximum absolute atomic E-state index is 11.5. The quantitative estimate of drug-likeness (QED) is 0.648. The predicted molar refractivity (Wildman–Crippen MR) is 68.5 cm³/mol. The van der Waals surface area contributed by atoms with Gasteiger partial charge in [0.25, 0.3) is 0 Å². The number of nitrogens with zero attached hydrogens (tertiary/aromatic N) is 1. The van der Waals surface area contributed by atoms with Gasteiger partial charge >= 0.3 is 0 Å². The van der Waals surface area contributed by atoms with Gasteiger partial charge in [0, 0.05) is 18.6 Å². The van der Waals surface area contributed by atoms with Crippen molar-refractivity contribution in [2.45, 2.75) is 45.7 Å². The van der Waals surface area contributed by atoms with Crippen LogP contribution < -0.4 is 10.6 Å². The van der Waals surface area contributed by atoms with E-state index in [2.05, 4.69) is 29.4 Å². The first-order chi connectivity index (χ1) is 7.45. The van der Waals surface area contributed by atoms with Gasteiger partial charge in [-0.2, -0.15) is 0 Å². The number of carbonyl (C=O) groups is 1. The van der Waals surface area contributed by atoms with Gasteiger partial charge in [-0.25, -0.2) is 0 Å². The lowest BCUT2D eigenvalue weighted by Crippen LogP contribution is -2.44. The van der Waals surface area contributed by atoms with E-state index in [1.807, 2.05) is 21.0 Å². The molecule has 0 radical (unpaired) electrons. The van der Waals surface area contributed by atoms with Gasteiger partial charge in [0.15, 0.2) is 0 Å². The highest BCUT2D eigenvalue weighted by Crippen LogP contribution is 1.94. The number of rotatable bonds is 8. The van der Waals surface area contributed by atoms with Crippen LogP contribution in [0.15, 0.2) is 0 Å². The molecule has 1 amide bonds. The van der Waals surface area contributed by atoms with Crippen molar-refractivity contribution in [2.75, 3.05) is 27.2 Å². The molecule has 0 rings (SSSR count). The van der Waals surface area contributed by atoms with Gasteiger partial charge < -0.3 is 15.5 Å². The number of hydrogen-bond acceptors (Lipinski definition) is 3. The minimum absolute atomic E-state index is 0.0894. The normalized spacial score (nSPS) is 14.9. The van der Waals surface area contributed by atoms with Gasteiger partial charge in [-0.15, -0.1) is 0 Å². The Hall–Kier alpha value is -0.610. The predicted octanol–water partition coefficient (Wildman–Crippen LogP) is 0.831. The van der Waals surface area contributed by atoms with Gasteiger partial charge in [0.2, 0.25) is 5.91 Å². The molecule has 0 aromatic heterocycles. The lowest BCUT2D eigenvalue weighted by molar-refractivity contribution is -0.121. The van der Waals surface area contributed by atoms with Crippen LogP contribution in [0.5, 0.6) is 0 Å². The van der Waals surface area contributed by atoms with E-state index < -0.39 is 0 Å². The Morgan fingerprint density at radius 2 is 1.88 bits per heavy atom.